The first-order chi connectivity index (χ1) is 26.2. The number of rotatable bonds is 2. The summed E-state index contributed by atoms with van der Waals surface area (Å²) in [5.41, 5.74) is 3.97. The van der Waals surface area contributed by atoms with Crippen LogP contribution in [0.4, 0.5) is 9.59 Å². The molecular weight excluding hydrogens is 771 g/mol. The first kappa shape index (κ1) is 42.9. The summed E-state index contributed by atoms with van der Waals surface area (Å²) >= 11 is 3.43. The van der Waals surface area contributed by atoms with Crippen LogP contribution in [-0.4, -0.2) is 87.7 Å². The van der Waals surface area contributed by atoms with Crippen LogP contribution in [0.2, 0.25) is 0 Å². The molecule has 0 unspecified atom stereocenters. The summed E-state index contributed by atoms with van der Waals surface area (Å²) < 4.78 is 24.0. The molecule has 2 aromatic carbocycles. The molecule has 3 aliphatic heterocycles. The summed E-state index contributed by atoms with van der Waals surface area (Å²) in [4.78, 5) is 36.4. The molecule has 2 aromatic heterocycles. The smallest absolute Gasteiger partial charge is 0.444 e. The van der Waals surface area contributed by atoms with Gasteiger partial charge in [0.1, 0.15) is 11.2 Å². The van der Waals surface area contributed by atoms with Crippen molar-refractivity contribution in [3.05, 3.63) is 101 Å². The molecule has 298 valence electrons. The van der Waals surface area contributed by atoms with E-state index in [-0.39, 0.29) is 30.5 Å². The molecule has 0 spiro atoms. The quantitative estimate of drug-likeness (QED) is 0.184. The average Bonchev–Trinajstić information content (AvgIpc) is 3.36. The van der Waals surface area contributed by atoms with Gasteiger partial charge in [-0.15, -0.1) is 0 Å². The topological polar surface area (TPSA) is 103 Å². The maximum absolute atomic E-state index is 12.1. The summed E-state index contributed by atoms with van der Waals surface area (Å²) in [6.45, 7) is 21.9. The molecule has 0 radical (unpaired) electrons. The van der Waals surface area contributed by atoms with Crippen molar-refractivity contribution in [3.63, 3.8) is 0 Å². The van der Waals surface area contributed by atoms with Crippen LogP contribution >= 0.6 is 15.9 Å². The fraction of sp³-hybridized carbons (Fsp3) is 0.455. The summed E-state index contributed by atoms with van der Waals surface area (Å²) in [6, 6.07) is 20.3. The van der Waals surface area contributed by atoms with Gasteiger partial charge < -0.3 is 28.6 Å². The van der Waals surface area contributed by atoms with E-state index in [4.69, 9.17) is 18.8 Å². The molecule has 56 heavy (non-hydrogen) atoms. The van der Waals surface area contributed by atoms with E-state index in [0.29, 0.717) is 26.2 Å². The van der Waals surface area contributed by atoms with Crippen LogP contribution in [-0.2, 0) is 18.8 Å². The summed E-state index contributed by atoms with van der Waals surface area (Å²) in [5.74, 6) is 0. The number of nitrogens with zero attached hydrogens (tertiary/aromatic N) is 4. The van der Waals surface area contributed by atoms with E-state index in [9.17, 15) is 9.59 Å². The molecule has 0 bridgehead atoms. The minimum absolute atomic E-state index is 0.246. The molecule has 0 aliphatic carbocycles. The zero-order chi connectivity index (χ0) is 40.9. The summed E-state index contributed by atoms with van der Waals surface area (Å²) in [5, 5.41) is 2.31. The maximum Gasteiger partial charge on any atom is 0.490 e. The number of carbonyl (C=O) groups is 2. The van der Waals surface area contributed by atoms with E-state index in [0.717, 1.165) is 44.8 Å². The van der Waals surface area contributed by atoms with Gasteiger partial charge in [0.2, 0.25) is 0 Å². The number of amides is 2. The molecule has 7 rings (SSSR count). The zero-order valence-electron chi connectivity index (χ0n) is 34.5. The molecule has 10 nitrogen and oxygen atoms in total. The highest BCUT2D eigenvalue weighted by molar-refractivity contribution is 9.10. The van der Waals surface area contributed by atoms with Gasteiger partial charge >= 0.3 is 19.3 Å². The first-order valence-corrected chi connectivity index (χ1v) is 20.1. The number of pyridine rings is 2. The Bertz CT molecular complexity index is 2060. The SMILES string of the molecule is Brc1cccc2cccnc12.CC(C)(C)OC(=O)N1CC=C(B2OC(C)(C)C(C)(C)O2)CC1.CC(C)(C)OC(=O)N1CC=C(c2cccc3cccnc23)CC1. The van der Waals surface area contributed by atoms with Crippen molar-refractivity contribution in [2.45, 2.75) is 104 Å². The third-order valence-electron chi connectivity index (χ3n) is 9.87. The van der Waals surface area contributed by atoms with Gasteiger partial charge in [0.15, 0.2) is 0 Å². The number of benzene rings is 2. The predicted octanol–water partition coefficient (Wildman–Crippen LogP) is 10.4. The van der Waals surface area contributed by atoms with E-state index < -0.39 is 11.2 Å². The number of hydrogen-bond acceptors (Lipinski definition) is 8. The lowest BCUT2D eigenvalue weighted by atomic mass is 9.75. The number of halogens is 1. The van der Waals surface area contributed by atoms with Crippen molar-refractivity contribution >= 4 is 62.6 Å². The van der Waals surface area contributed by atoms with Gasteiger partial charge in [-0.2, -0.15) is 0 Å². The van der Waals surface area contributed by atoms with Crippen molar-refractivity contribution < 1.29 is 28.4 Å². The Hall–Kier alpha value is -4.26. The van der Waals surface area contributed by atoms with Gasteiger partial charge in [-0.05, 0) is 127 Å². The van der Waals surface area contributed by atoms with Crippen LogP contribution in [0.25, 0.3) is 27.4 Å². The third-order valence-corrected chi connectivity index (χ3v) is 10.5. The Balaban J connectivity index is 0.000000170. The van der Waals surface area contributed by atoms with Crippen molar-refractivity contribution in [1.29, 1.82) is 0 Å². The second-order valence-corrected chi connectivity index (χ2v) is 18.0. The Morgan fingerprint density at radius 3 is 1.66 bits per heavy atom. The van der Waals surface area contributed by atoms with Gasteiger partial charge in [0.05, 0.1) is 22.2 Å². The highest BCUT2D eigenvalue weighted by atomic mass is 79.9. The third kappa shape index (κ3) is 11.2. The molecule has 1 saturated heterocycles. The van der Waals surface area contributed by atoms with Crippen molar-refractivity contribution in [2.75, 3.05) is 26.2 Å². The predicted molar refractivity (Wildman–Crippen MR) is 228 cm³/mol. The highest BCUT2D eigenvalue weighted by Gasteiger charge is 2.52. The van der Waals surface area contributed by atoms with E-state index in [1.807, 2.05) is 118 Å². The molecule has 0 saturated carbocycles. The monoisotopic (exact) mass is 826 g/mol. The standard InChI is InChI=1S/C19H22N2O2.C16H28BNO4.C9H6BrN/c1-19(2,3)23-18(22)21-12-9-14(10-13-21)16-8-4-6-15-7-5-11-20-17(15)16;1-14(2,3)20-13(19)18-10-8-12(9-11-18)17-21-15(4,5)16(6,7)22-17;10-8-5-1-3-7-4-2-6-11-9(7)8/h4-9,11H,10,12-13H2,1-3H3;8H,9-11H2,1-7H3;1-6H. The minimum atomic E-state index is -0.465. The van der Waals surface area contributed by atoms with Crippen LogP contribution < -0.4 is 0 Å². The van der Waals surface area contributed by atoms with Crippen molar-refractivity contribution in [3.8, 4) is 0 Å². The number of aromatic nitrogens is 2. The zero-order valence-corrected chi connectivity index (χ0v) is 36.1. The first-order valence-electron chi connectivity index (χ1n) is 19.3. The van der Waals surface area contributed by atoms with Gasteiger partial charge in [0, 0.05) is 59.4 Å². The van der Waals surface area contributed by atoms with Crippen LogP contribution in [0.3, 0.4) is 0 Å². The highest BCUT2D eigenvalue weighted by Crippen LogP contribution is 2.39. The van der Waals surface area contributed by atoms with Gasteiger partial charge in [-0.25, -0.2) is 9.59 Å². The van der Waals surface area contributed by atoms with Crippen LogP contribution in [0.5, 0.6) is 0 Å². The molecule has 0 N–H and O–H groups in total. The fourth-order valence-electron chi connectivity index (χ4n) is 6.22. The van der Waals surface area contributed by atoms with Gasteiger partial charge in [0.25, 0.3) is 0 Å². The normalized spacial score (nSPS) is 17.9. The lowest BCUT2D eigenvalue weighted by Crippen LogP contribution is -2.41. The number of fused-ring (bicyclic) bond motifs is 2. The molecule has 1 fully saturated rings. The van der Waals surface area contributed by atoms with E-state index in [1.54, 1.807) is 16.0 Å². The van der Waals surface area contributed by atoms with Crippen LogP contribution in [0.1, 0.15) is 87.6 Å². The molecule has 12 heteroatoms. The lowest BCUT2D eigenvalue weighted by molar-refractivity contribution is 0.00578. The average molecular weight is 828 g/mol. The van der Waals surface area contributed by atoms with E-state index in [2.05, 4.69) is 56.2 Å². The second kappa shape index (κ2) is 17.5. The molecular formula is C44H56BBrN4O6. The Morgan fingerprint density at radius 1 is 0.696 bits per heavy atom. The van der Waals surface area contributed by atoms with Gasteiger partial charge in [-0.3, -0.25) is 9.97 Å². The van der Waals surface area contributed by atoms with Crippen molar-refractivity contribution in [1.82, 2.24) is 19.8 Å². The molecule has 3 aliphatic rings. The number of ether oxygens (including phenoxy) is 2. The fourth-order valence-corrected chi connectivity index (χ4v) is 6.71. The van der Waals surface area contributed by atoms with E-state index >= 15 is 0 Å². The van der Waals surface area contributed by atoms with Crippen molar-refractivity contribution in [2.24, 2.45) is 0 Å². The van der Waals surface area contributed by atoms with Crippen LogP contribution in [0.15, 0.2) is 95.2 Å². The summed E-state index contributed by atoms with van der Waals surface area (Å²) in [6.07, 6.45) is 8.80. The number of carbonyl (C=O) groups excluding carboxylic acids is 2. The summed E-state index contributed by atoms with van der Waals surface area (Å²) in [7, 11) is -0.314. The largest absolute Gasteiger partial charge is 0.490 e. The number of para-hydroxylation sites is 2. The van der Waals surface area contributed by atoms with E-state index in [1.165, 1.54) is 11.0 Å². The Labute approximate surface area is 340 Å². The number of hydrogen-bond donors (Lipinski definition) is 0. The van der Waals surface area contributed by atoms with Gasteiger partial charge in [-0.1, -0.05) is 54.6 Å². The Morgan fingerprint density at radius 2 is 1.18 bits per heavy atom. The lowest BCUT2D eigenvalue weighted by Gasteiger charge is -2.32. The molecule has 0 atom stereocenters. The maximum atomic E-state index is 12.1. The van der Waals surface area contributed by atoms with Crippen LogP contribution in [0, 0.1) is 0 Å². The molecule has 2 amide bonds. The minimum Gasteiger partial charge on any atom is -0.444 e. The Kier molecular flexibility index (Phi) is 13.4. The molecule has 5 heterocycles. The second-order valence-electron chi connectivity index (χ2n) is 17.1. The molecule has 4 aromatic rings.